The Morgan fingerprint density at radius 3 is 2.56 bits per heavy atom. The Kier molecular flexibility index (Phi) is 3.54. The third-order valence-corrected chi connectivity index (χ3v) is 8.75. The smallest absolute Gasteiger partial charge is 0.212 e. The van der Waals surface area contributed by atoms with Gasteiger partial charge >= 0.3 is 0 Å². The summed E-state index contributed by atoms with van der Waals surface area (Å²) < 4.78 is 2.22. The average Bonchev–Trinajstić information content (AvgIpc) is 2.61. The molecule has 1 aliphatic rings. The van der Waals surface area contributed by atoms with Gasteiger partial charge in [-0.2, -0.15) is 0 Å². The predicted octanol–water partition coefficient (Wildman–Crippen LogP) is 2.79. The molecular weight excluding hydrogens is 322 g/mol. The van der Waals surface area contributed by atoms with Crippen LogP contribution >= 0.6 is 0 Å². The molecule has 2 aromatic heterocycles. The summed E-state index contributed by atoms with van der Waals surface area (Å²) in [6, 6.07) is 15.2. The largest absolute Gasteiger partial charge is 0.344 e. The Hall–Kier alpha value is -2.46. The second kappa shape index (κ2) is 5.53. The minimum atomic E-state index is -1.92. The van der Waals surface area contributed by atoms with Crippen molar-refractivity contribution in [3.05, 3.63) is 60.4 Å². The van der Waals surface area contributed by atoms with Crippen molar-refractivity contribution in [3.63, 3.8) is 0 Å². The highest BCUT2D eigenvalue weighted by atomic mass is 28.3. The van der Waals surface area contributed by atoms with Crippen LogP contribution < -0.4 is 20.0 Å². The average molecular weight is 347 g/mol. The number of rotatable bonds is 1. The topological polar surface area (TPSA) is 20.0 Å². The molecule has 0 saturated carbocycles. The Balaban J connectivity index is 2.10. The molecule has 25 heavy (non-hydrogen) atoms. The number of aromatic nitrogens is 2. The normalized spacial score (nSPS) is 14.8. The monoisotopic (exact) mass is 346 g/mol. The van der Waals surface area contributed by atoms with Crippen molar-refractivity contribution in [2.75, 3.05) is 11.9 Å². The molecule has 0 fully saturated rings. The summed E-state index contributed by atoms with van der Waals surface area (Å²) in [6.45, 7) is 7.08. The van der Waals surface area contributed by atoms with E-state index in [1.54, 1.807) is 0 Å². The standard InChI is InChI=1S/C21H24N3Si/c1-15-11-12-17-20(19(15)16-9-6-7-14-23(16)2)25(4,5)21-18(24(17)3)10-8-13-22-21/h6-14H,1-5H3/q+1. The predicted molar refractivity (Wildman–Crippen MR) is 107 cm³/mol. The summed E-state index contributed by atoms with van der Waals surface area (Å²) in [5.74, 6) is 0. The van der Waals surface area contributed by atoms with Crippen LogP contribution in [0, 0.1) is 6.92 Å². The number of hydrogen-bond acceptors (Lipinski definition) is 2. The first-order valence-electron chi connectivity index (χ1n) is 8.71. The summed E-state index contributed by atoms with van der Waals surface area (Å²) in [7, 11) is 2.36. The molecule has 3 heterocycles. The maximum Gasteiger partial charge on any atom is 0.212 e. The second-order valence-electron chi connectivity index (χ2n) is 7.40. The van der Waals surface area contributed by atoms with Gasteiger partial charge in [-0.1, -0.05) is 19.2 Å². The third kappa shape index (κ3) is 2.24. The number of nitrogens with zero attached hydrogens (tertiary/aromatic N) is 3. The lowest BCUT2D eigenvalue weighted by Crippen LogP contribution is -2.61. The fraction of sp³-hybridized carbons (Fsp3) is 0.238. The lowest BCUT2D eigenvalue weighted by molar-refractivity contribution is -0.660. The van der Waals surface area contributed by atoms with Crippen LogP contribution in [-0.2, 0) is 7.05 Å². The van der Waals surface area contributed by atoms with E-state index in [9.17, 15) is 0 Å². The van der Waals surface area contributed by atoms with Crippen molar-refractivity contribution in [1.82, 2.24) is 4.98 Å². The van der Waals surface area contributed by atoms with Crippen LogP contribution in [0.1, 0.15) is 5.56 Å². The molecule has 126 valence electrons. The number of pyridine rings is 2. The molecule has 1 aromatic carbocycles. The maximum absolute atomic E-state index is 4.82. The van der Waals surface area contributed by atoms with Crippen LogP contribution in [0.5, 0.6) is 0 Å². The SMILES string of the molecule is Cc1ccc2c(c1-c1cccc[n+]1C)[Si](C)(C)c1ncccc1N2C. The molecule has 0 aliphatic carbocycles. The van der Waals surface area contributed by atoms with Crippen LogP contribution in [0.25, 0.3) is 11.3 Å². The van der Waals surface area contributed by atoms with Gasteiger partial charge in [0.15, 0.2) is 6.20 Å². The molecule has 1 aliphatic heterocycles. The van der Waals surface area contributed by atoms with E-state index in [0.29, 0.717) is 0 Å². The Morgan fingerprint density at radius 1 is 1.00 bits per heavy atom. The zero-order valence-electron chi connectivity index (χ0n) is 15.5. The molecule has 3 aromatic rings. The quantitative estimate of drug-likeness (QED) is 0.499. The Bertz CT molecular complexity index is 979. The van der Waals surface area contributed by atoms with Gasteiger partial charge in [0.2, 0.25) is 5.69 Å². The van der Waals surface area contributed by atoms with Crippen LogP contribution in [0.2, 0.25) is 13.1 Å². The molecule has 0 unspecified atom stereocenters. The Labute approximate surface area is 150 Å². The fourth-order valence-electron chi connectivity index (χ4n) is 4.12. The summed E-state index contributed by atoms with van der Waals surface area (Å²) in [5.41, 5.74) is 6.54. The second-order valence-corrected chi connectivity index (χ2v) is 11.6. The number of aryl methyl sites for hydroxylation is 2. The van der Waals surface area contributed by atoms with Crippen molar-refractivity contribution in [1.29, 1.82) is 0 Å². The van der Waals surface area contributed by atoms with Crippen molar-refractivity contribution < 1.29 is 4.57 Å². The first-order valence-corrected chi connectivity index (χ1v) is 11.7. The lowest BCUT2D eigenvalue weighted by Gasteiger charge is -2.39. The maximum atomic E-state index is 4.82. The first kappa shape index (κ1) is 16.0. The Morgan fingerprint density at radius 2 is 1.80 bits per heavy atom. The first-order chi connectivity index (χ1) is 11.9. The van der Waals surface area contributed by atoms with E-state index in [-0.39, 0.29) is 0 Å². The molecule has 0 radical (unpaired) electrons. The van der Waals surface area contributed by atoms with Crippen molar-refractivity contribution >= 4 is 30.0 Å². The van der Waals surface area contributed by atoms with Crippen LogP contribution in [0.3, 0.4) is 0 Å². The number of hydrogen-bond donors (Lipinski definition) is 0. The molecule has 0 N–H and O–H groups in total. The minimum absolute atomic E-state index is 1.25. The number of anilines is 2. The van der Waals surface area contributed by atoms with Gasteiger partial charge in [0.25, 0.3) is 0 Å². The van der Waals surface area contributed by atoms with Crippen molar-refractivity contribution in [2.24, 2.45) is 7.05 Å². The van der Waals surface area contributed by atoms with Gasteiger partial charge in [0.1, 0.15) is 15.1 Å². The van der Waals surface area contributed by atoms with Gasteiger partial charge in [0.05, 0.1) is 16.6 Å². The van der Waals surface area contributed by atoms with Crippen molar-refractivity contribution in [2.45, 2.75) is 20.0 Å². The van der Waals surface area contributed by atoms with Gasteiger partial charge < -0.3 is 4.90 Å². The lowest BCUT2D eigenvalue weighted by atomic mass is 10.0. The van der Waals surface area contributed by atoms with Gasteiger partial charge in [0, 0.05) is 31.1 Å². The van der Waals surface area contributed by atoms with Gasteiger partial charge in [-0.3, -0.25) is 4.98 Å². The molecular formula is C21H24N3Si+. The number of benzene rings is 1. The zero-order chi connectivity index (χ0) is 17.8. The minimum Gasteiger partial charge on any atom is -0.344 e. The molecule has 0 saturated heterocycles. The van der Waals surface area contributed by atoms with Gasteiger partial charge in [-0.05, 0) is 41.9 Å². The van der Waals surface area contributed by atoms with E-state index in [4.69, 9.17) is 4.98 Å². The van der Waals surface area contributed by atoms with Crippen LogP contribution in [0.15, 0.2) is 54.9 Å². The van der Waals surface area contributed by atoms with E-state index in [2.05, 4.69) is 86.2 Å². The molecule has 4 rings (SSSR count). The summed E-state index contributed by atoms with van der Waals surface area (Å²) in [4.78, 5) is 7.13. The molecule has 0 atom stereocenters. The molecule has 0 bridgehead atoms. The third-order valence-electron chi connectivity index (χ3n) is 5.43. The van der Waals surface area contributed by atoms with E-state index in [1.807, 2.05) is 12.3 Å². The van der Waals surface area contributed by atoms with Crippen LogP contribution in [0.4, 0.5) is 11.4 Å². The fourth-order valence-corrected chi connectivity index (χ4v) is 7.49. The summed E-state index contributed by atoms with van der Waals surface area (Å²) in [5, 5.41) is 2.76. The van der Waals surface area contributed by atoms with Crippen molar-refractivity contribution in [3.8, 4) is 11.3 Å². The van der Waals surface area contributed by atoms with E-state index in [0.717, 1.165) is 0 Å². The van der Waals surface area contributed by atoms with E-state index < -0.39 is 8.07 Å². The van der Waals surface area contributed by atoms with Crippen LogP contribution in [-0.4, -0.2) is 20.1 Å². The molecule has 3 nitrogen and oxygen atoms in total. The highest BCUT2D eigenvalue weighted by Crippen LogP contribution is 2.34. The van der Waals surface area contributed by atoms with Gasteiger partial charge in [-0.25, -0.2) is 4.57 Å². The summed E-state index contributed by atoms with van der Waals surface area (Å²) in [6.07, 6.45) is 4.06. The van der Waals surface area contributed by atoms with E-state index >= 15 is 0 Å². The number of fused-ring (bicyclic) bond motifs is 2. The summed E-state index contributed by atoms with van der Waals surface area (Å²) >= 11 is 0. The van der Waals surface area contributed by atoms with Gasteiger partial charge in [-0.15, -0.1) is 0 Å². The highest BCUT2D eigenvalue weighted by molar-refractivity contribution is 7.03. The molecule has 0 amide bonds. The molecule has 0 spiro atoms. The molecule has 4 heteroatoms. The highest BCUT2D eigenvalue weighted by Gasteiger charge is 2.41. The van der Waals surface area contributed by atoms with E-state index in [1.165, 1.54) is 38.7 Å². The zero-order valence-corrected chi connectivity index (χ0v) is 16.5.